The molecule has 0 amide bonds. The topological polar surface area (TPSA) is 114 Å². The summed E-state index contributed by atoms with van der Waals surface area (Å²) in [6, 6.07) is 3.56. The molecule has 4 atom stereocenters. The van der Waals surface area contributed by atoms with Crippen molar-refractivity contribution in [3.05, 3.63) is 53.3 Å². The number of rotatable bonds is 4. The molecule has 156 valence electrons. The molecule has 1 fully saturated rings. The van der Waals surface area contributed by atoms with Crippen molar-refractivity contribution >= 4 is 34.1 Å². The van der Waals surface area contributed by atoms with Crippen molar-refractivity contribution in [3.8, 4) is 0 Å². The number of hydrogen-bond acceptors (Lipinski definition) is 6. The van der Waals surface area contributed by atoms with Crippen molar-refractivity contribution in [1.29, 1.82) is 0 Å². The van der Waals surface area contributed by atoms with Crippen LogP contribution in [0.25, 0.3) is 16.7 Å². The Morgan fingerprint density at radius 2 is 2.07 bits per heavy atom. The summed E-state index contributed by atoms with van der Waals surface area (Å²) >= 11 is 6.48. The minimum atomic E-state index is -0.880. The van der Waals surface area contributed by atoms with Gasteiger partial charge in [-0.1, -0.05) is 11.6 Å². The Bertz CT molecular complexity index is 1240. The standard InChI is InChI=1S/C21H23ClN6O2/c1-11-8-24-17-7-12(15(22)9-28(11)17)2-3-13-6-16(19(30)18(13)29)27-5-4-14-20(23)25-10-26-21(14)27/h4-5,7-10,13,16,18-19,29-30H,2-3,6H2,1H3,(H2,23,25,26)/t13-,16+,18+,19-/m0/s1. The van der Waals surface area contributed by atoms with Crippen molar-refractivity contribution in [1.82, 2.24) is 23.9 Å². The lowest BCUT2D eigenvalue weighted by molar-refractivity contribution is 0.00545. The highest BCUT2D eigenvalue weighted by atomic mass is 35.5. The summed E-state index contributed by atoms with van der Waals surface area (Å²) in [7, 11) is 0. The van der Waals surface area contributed by atoms with E-state index in [9.17, 15) is 10.2 Å². The highest BCUT2D eigenvalue weighted by Crippen LogP contribution is 2.40. The van der Waals surface area contributed by atoms with Gasteiger partial charge in [-0.15, -0.1) is 0 Å². The largest absolute Gasteiger partial charge is 0.390 e. The average Bonchev–Trinajstić information content (AvgIpc) is 3.39. The van der Waals surface area contributed by atoms with Gasteiger partial charge in [-0.05, 0) is 49.8 Å². The first-order chi connectivity index (χ1) is 14.4. The maximum Gasteiger partial charge on any atom is 0.145 e. The number of fused-ring (bicyclic) bond motifs is 2. The number of nitrogen functional groups attached to an aromatic ring is 1. The van der Waals surface area contributed by atoms with Gasteiger partial charge in [0.25, 0.3) is 0 Å². The van der Waals surface area contributed by atoms with E-state index in [2.05, 4.69) is 15.0 Å². The molecule has 0 aliphatic heterocycles. The van der Waals surface area contributed by atoms with Crippen molar-refractivity contribution < 1.29 is 10.2 Å². The lowest BCUT2D eigenvalue weighted by atomic mass is 9.96. The predicted octanol–water partition coefficient (Wildman–Crippen LogP) is 2.54. The molecular weight excluding hydrogens is 404 g/mol. The Balaban J connectivity index is 1.36. The second-order valence-electron chi connectivity index (χ2n) is 8.08. The zero-order chi connectivity index (χ0) is 21.0. The van der Waals surface area contributed by atoms with E-state index in [0.29, 0.717) is 35.8 Å². The lowest BCUT2D eigenvalue weighted by Crippen LogP contribution is -2.29. The molecule has 0 aromatic carbocycles. The van der Waals surface area contributed by atoms with Crippen molar-refractivity contribution in [2.75, 3.05) is 5.73 Å². The summed E-state index contributed by atoms with van der Waals surface area (Å²) in [6.45, 7) is 1.98. The monoisotopic (exact) mass is 426 g/mol. The van der Waals surface area contributed by atoms with Gasteiger partial charge in [0.1, 0.15) is 29.5 Å². The van der Waals surface area contributed by atoms with Crippen LogP contribution in [0.1, 0.15) is 30.1 Å². The molecule has 4 N–H and O–H groups in total. The van der Waals surface area contributed by atoms with Gasteiger partial charge in [-0.2, -0.15) is 0 Å². The number of anilines is 1. The van der Waals surface area contributed by atoms with Crippen LogP contribution >= 0.6 is 11.6 Å². The number of aryl methyl sites for hydroxylation is 2. The Morgan fingerprint density at radius 1 is 1.23 bits per heavy atom. The summed E-state index contributed by atoms with van der Waals surface area (Å²) in [5.74, 6) is 0.345. The van der Waals surface area contributed by atoms with Gasteiger partial charge in [-0.3, -0.25) is 0 Å². The van der Waals surface area contributed by atoms with Crippen molar-refractivity contribution in [2.24, 2.45) is 5.92 Å². The number of aromatic nitrogens is 5. The lowest BCUT2D eigenvalue weighted by Gasteiger charge is -2.19. The molecule has 4 aromatic rings. The zero-order valence-corrected chi connectivity index (χ0v) is 17.2. The quantitative estimate of drug-likeness (QED) is 0.462. The Kier molecular flexibility index (Phi) is 4.65. The molecule has 1 saturated carbocycles. The molecule has 0 bridgehead atoms. The smallest absolute Gasteiger partial charge is 0.145 e. The van der Waals surface area contributed by atoms with E-state index < -0.39 is 12.2 Å². The Hall–Kier alpha value is -2.68. The maximum absolute atomic E-state index is 10.7. The van der Waals surface area contributed by atoms with Gasteiger partial charge >= 0.3 is 0 Å². The first-order valence-corrected chi connectivity index (χ1v) is 10.4. The van der Waals surface area contributed by atoms with E-state index in [-0.39, 0.29) is 12.0 Å². The molecule has 4 heterocycles. The Labute approximate surface area is 178 Å². The van der Waals surface area contributed by atoms with Gasteiger partial charge in [0.05, 0.1) is 22.6 Å². The van der Waals surface area contributed by atoms with Crippen LogP contribution in [0.15, 0.2) is 37.1 Å². The van der Waals surface area contributed by atoms with E-state index >= 15 is 0 Å². The number of aliphatic hydroxyl groups excluding tert-OH is 2. The highest BCUT2D eigenvalue weighted by Gasteiger charge is 2.42. The fraction of sp³-hybridized carbons (Fsp3) is 0.381. The molecule has 4 aromatic heterocycles. The number of hydrogen-bond donors (Lipinski definition) is 3. The summed E-state index contributed by atoms with van der Waals surface area (Å²) in [4.78, 5) is 12.7. The highest BCUT2D eigenvalue weighted by molar-refractivity contribution is 6.31. The van der Waals surface area contributed by atoms with Gasteiger partial charge in [-0.25, -0.2) is 15.0 Å². The molecule has 8 nitrogen and oxygen atoms in total. The summed E-state index contributed by atoms with van der Waals surface area (Å²) in [5.41, 5.74) is 9.47. The SMILES string of the molecule is Cc1cnc2cc(CC[C@H]3C[C@@H](n4ccc5c(N)ncnc54)[C@H](O)[C@@H]3O)c(Cl)cn12. The first-order valence-electron chi connectivity index (χ1n) is 9.99. The average molecular weight is 427 g/mol. The van der Waals surface area contributed by atoms with Gasteiger partial charge in [0, 0.05) is 24.3 Å². The molecule has 0 unspecified atom stereocenters. The molecule has 1 aliphatic carbocycles. The van der Waals surface area contributed by atoms with Crippen LogP contribution in [0, 0.1) is 12.8 Å². The van der Waals surface area contributed by atoms with Crippen LogP contribution in [0.3, 0.4) is 0 Å². The van der Waals surface area contributed by atoms with E-state index in [1.54, 1.807) is 0 Å². The summed E-state index contributed by atoms with van der Waals surface area (Å²) in [6.07, 6.45) is 7.31. The van der Waals surface area contributed by atoms with Crippen LogP contribution < -0.4 is 5.73 Å². The van der Waals surface area contributed by atoms with E-state index in [4.69, 9.17) is 17.3 Å². The minimum absolute atomic E-state index is 0.0598. The van der Waals surface area contributed by atoms with Crippen LogP contribution in [0.5, 0.6) is 0 Å². The van der Waals surface area contributed by atoms with Gasteiger partial charge in [0.2, 0.25) is 0 Å². The third-order valence-corrected chi connectivity index (χ3v) is 6.66. The summed E-state index contributed by atoms with van der Waals surface area (Å²) < 4.78 is 3.86. The number of imidazole rings is 1. The number of pyridine rings is 1. The normalized spacial score (nSPS) is 24.3. The van der Waals surface area contributed by atoms with E-state index in [1.165, 1.54) is 6.33 Å². The molecule has 0 saturated heterocycles. The third-order valence-electron chi connectivity index (χ3n) is 6.32. The third kappa shape index (κ3) is 3.03. The van der Waals surface area contributed by atoms with E-state index in [1.807, 2.05) is 46.6 Å². The Morgan fingerprint density at radius 3 is 2.90 bits per heavy atom. The van der Waals surface area contributed by atoms with Crippen LogP contribution in [-0.4, -0.2) is 46.3 Å². The number of halogens is 1. The number of nitrogens with two attached hydrogens (primary N) is 1. The molecule has 0 spiro atoms. The van der Waals surface area contributed by atoms with Gasteiger partial charge < -0.3 is 24.9 Å². The molecule has 9 heteroatoms. The molecule has 5 rings (SSSR count). The number of aliphatic hydroxyl groups is 2. The van der Waals surface area contributed by atoms with Crippen molar-refractivity contribution in [3.63, 3.8) is 0 Å². The predicted molar refractivity (Wildman–Crippen MR) is 114 cm³/mol. The van der Waals surface area contributed by atoms with Crippen LogP contribution in [-0.2, 0) is 6.42 Å². The second-order valence-corrected chi connectivity index (χ2v) is 8.48. The fourth-order valence-electron chi connectivity index (χ4n) is 4.61. The van der Waals surface area contributed by atoms with Crippen molar-refractivity contribution in [2.45, 2.75) is 44.4 Å². The second kappa shape index (κ2) is 7.23. The fourth-order valence-corrected chi connectivity index (χ4v) is 4.86. The van der Waals surface area contributed by atoms with E-state index in [0.717, 1.165) is 22.3 Å². The number of nitrogens with zero attached hydrogens (tertiary/aromatic N) is 5. The van der Waals surface area contributed by atoms with Gasteiger partial charge in [0.15, 0.2) is 0 Å². The molecule has 30 heavy (non-hydrogen) atoms. The maximum atomic E-state index is 10.7. The molecule has 0 radical (unpaired) electrons. The minimum Gasteiger partial charge on any atom is -0.390 e. The summed E-state index contributed by atoms with van der Waals surface area (Å²) in [5, 5.41) is 22.9. The molecule has 1 aliphatic rings. The first kappa shape index (κ1) is 19.3. The zero-order valence-electron chi connectivity index (χ0n) is 16.5. The van der Waals surface area contributed by atoms with Crippen LogP contribution in [0.4, 0.5) is 5.82 Å². The molecular formula is C21H23ClN6O2. The van der Waals surface area contributed by atoms with Crippen LogP contribution in [0.2, 0.25) is 5.02 Å².